The summed E-state index contributed by atoms with van der Waals surface area (Å²) in [6.07, 6.45) is 1.09. The van der Waals surface area contributed by atoms with Crippen molar-refractivity contribution < 1.29 is 4.79 Å². The highest BCUT2D eigenvalue weighted by molar-refractivity contribution is 5.73. The summed E-state index contributed by atoms with van der Waals surface area (Å²) < 4.78 is 0. The van der Waals surface area contributed by atoms with E-state index in [0.29, 0.717) is 25.3 Å². The lowest BCUT2D eigenvalue weighted by Crippen LogP contribution is -2.13. The van der Waals surface area contributed by atoms with Crippen LogP contribution >= 0.6 is 0 Å². The molecule has 6 nitrogen and oxygen atoms in total. The van der Waals surface area contributed by atoms with Crippen molar-refractivity contribution in [2.75, 3.05) is 24.2 Å². The molecule has 1 aromatic rings. The van der Waals surface area contributed by atoms with Crippen molar-refractivity contribution in [1.82, 2.24) is 9.97 Å². The highest BCUT2D eigenvalue weighted by Gasteiger charge is 2.00. The van der Waals surface area contributed by atoms with Crippen LogP contribution in [0.3, 0.4) is 0 Å². The SMILES string of the molecule is CNc1nc(C)cc(NCCCC(N)=O)n1. The van der Waals surface area contributed by atoms with Crippen LogP contribution in [-0.2, 0) is 4.79 Å². The minimum atomic E-state index is -0.281. The normalized spacial score (nSPS) is 9.88. The molecule has 6 heteroatoms. The standard InChI is InChI=1S/C10H17N5O/c1-7-6-9(15-10(12-2)14-7)13-5-3-4-8(11)16/h6H,3-5H2,1-2H3,(H2,11,16)(H2,12,13,14,15). The molecule has 0 atom stereocenters. The molecule has 0 spiro atoms. The summed E-state index contributed by atoms with van der Waals surface area (Å²) in [6.45, 7) is 2.57. The van der Waals surface area contributed by atoms with E-state index >= 15 is 0 Å². The molecule has 0 bridgehead atoms. The molecule has 0 aliphatic heterocycles. The molecular formula is C10H17N5O. The number of hydrogen-bond acceptors (Lipinski definition) is 5. The molecular weight excluding hydrogens is 206 g/mol. The monoisotopic (exact) mass is 223 g/mol. The van der Waals surface area contributed by atoms with Crippen LogP contribution in [0.2, 0.25) is 0 Å². The molecule has 4 N–H and O–H groups in total. The minimum absolute atomic E-state index is 0.281. The Morgan fingerprint density at radius 3 is 2.88 bits per heavy atom. The van der Waals surface area contributed by atoms with Gasteiger partial charge >= 0.3 is 0 Å². The van der Waals surface area contributed by atoms with E-state index in [1.807, 2.05) is 13.0 Å². The van der Waals surface area contributed by atoms with Crippen LogP contribution in [0.25, 0.3) is 0 Å². The van der Waals surface area contributed by atoms with Gasteiger partial charge in [0.1, 0.15) is 5.82 Å². The highest BCUT2D eigenvalue weighted by atomic mass is 16.1. The number of hydrogen-bond donors (Lipinski definition) is 3. The zero-order valence-electron chi connectivity index (χ0n) is 9.58. The summed E-state index contributed by atoms with van der Waals surface area (Å²) in [5, 5.41) is 6.00. The van der Waals surface area contributed by atoms with E-state index in [1.165, 1.54) is 0 Å². The van der Waals surface area contributed by atoms with Crippen LogP contribution in [0.4, 0.5) is 11.8 Å². The minimum Gasteiger partial charge on any atom is -0.370 e. The number of primary amides is 1. The molecule has 0 aromatic carbocycles. The second-order valence-electron chi connectivity index (χ2n) is 3.46. The Balaban J connectivity index is 2.47. The zero-order valence-corrected chi connectivity index (χ0v) is 9.58. The smallest absolute Gasteiger partial charge is 0.224 e. The summed E-state index contributed by atoms with van der Waals surface area (Å²) in [5.74, 6) is 1.05. The average Bonchev–Trinajstić information content (AvgIpc) is 2.23. The first-order chi connectivity index (χ1) is 7.61. The Morgan fingerprint density at radius 2 is 2.25 bits per heavy atom. The second kappa shape index (κ2) is 5.89. The molecule has 1 aromatic heterocycles. The fourth-order valence-corrected chi connectivity index (χ4v) is 1.25. The van der Waals surface area contributed by atoms with E-state index in [4.69, 9.17) is 5.73 Å². The predicted molar refractivity (Wildman–Crippen MR) is 63.2 cm³/mol. The lowest BCUT2D eigenvalue weighted by Gasteiger charge is -2.07. The Morgan fingerprint density at radius 1 is 1.50 bits per heavy atom. The second-order valence-corrected chi connectivity index (χ2v) is 3.46. The van der Waals surface area contributed by atoms with Gasteiger partial charge in [0.15, 0.2) is 0 Å². The Kier molecular flexibility index (Phi) is 4.50. The summed E-state index contributed by atoms with van der Waals surface area (Å²) in [7, 11) is 1.77. The van der Waals surface area contributed by atoms with Gasteiger partial charge in [-0.3, -0.25) is 4.79 Å². The first-order valence-electron chi connectivity index (χ1n) is 5.17. The van der Waals surface area contributed by atoms with Crippen LogP contribution in [0.1, 0.15) is 18.5 Å². The molecule has 1 rings (SSSR count). The number of carbonyl (C=O) groups is 1. The molecule has 88 valence electrons. The third-order valence-corrected chi connectivity index (χ3v) is 1.98. The lowest BCUT2D eigenvalue weighted by atomic mass is 10.3. The van der Waals surface area contributed by atoms with E-state index in [9.17, 15) is 4.79 Å². The largest absolute Gasteiger partial charge is 0.370 e. The van der Waals surface area contributed by atoms with Crippen molar-refractivity contribution in [3.05, 3.63) is 11.8 Å². The summed E-state index contributed by atoms with van der Waals surface area (Å²) in [6, 6.07) is 1.85. The maximum atomic E-state index is 10.5. The quantitative estimate of drug-likeness (QED) is 0.611. The van der Waals surface area contributed by atoms with Crippen LogP contribution < -0.4 is 16.4 Å². The maximum Gasteiger partial charge on any atom is 0.224 e. The van der Waals surface area contributed by atoms with Crippen LogP contribution in [-0.4, -0.2) is 29.5 Å². The topological polar surface area (TPSA) is 92.9 Å². The number of rotatable bonds is 6. The molecule has 0 fully saturated rings. The summed E-state index contributed by atoms with van der Waals surface area (Å²) in [5.41, 5.74) is 5.93. The van der Waals surface area contributed by atoms with Crippen LogP contribution in [0.5, 0.6) is 0 Å². The molecule has 16 heavy (non-hydrogen) atoms. The van der Waals surface area contributed by atoms with Crippen molar-refractivity contribution >= 4 is 17.7 Å². The number of aryl methyl sites for hydroxylation is 1. The van der Waals surface area contributed by atoms with Crippen molar-refractivity contribution in [3.63, 3.8) is 0 Å². The number of carbonyl (C=O) groups excluding carboxylic acids is 1. The number of nitrogens with one attached hydrogen (secondary N) is 2. The molecule has 1 amide bonds. The highest BCUT2D eigenvalue weighted by Crippen LogP contribution is 2.08. The van der Waals surface area contributed by atoms with Gasteiger partial charge in [0, 0.05) is 31.8 Å². The summed E-state index contributed by atoms with van der Waals surface area (Å²) >= 11 is 0. The molecule has 0 saturated carbocycles. The Labute approximate surface area is 94.7 Å². The van der Waals surface area contributed by atoms with Crippen molar-refractivity contribution in [3.8, 4) is 0 Å². The van der Waals surface area contributed by atoms with Gasteiger partial charge in [-0.1, -0.05) is 0 Å². The predicted octanol–water partition coefficient (Wildman–Crippen LogP) is 0.504. The van der Waals surface area contributed by atoms with Crippen molar-refractivity contribution in [1.29, 1.82) is 0 Å². The Hall–Kier alpha value is -1.85. The van der Waals surface area contributed by atoms with E-state index in [-0.39, 0.29) is 5.91 Å². The molecule has 0 radical (unpaired) electrons. The van der Waals surface area contributed by atoms with Crippen molar-refractivity contribution in [2.45, 2.75) is 19.8 Å². The summed E-state index contributed by atoms with van der Waals surface area (Å²) in [4.78, 5) is 18.9. The van der Waals surface area contributed by atoms with Gasteiger partial charge in [0.2, 0.25) is 11.9 Å². The Bertz CT molecular complexity index is 366. The fourth-order valence-electron chi connectivity index (χ4n) is 1.25. The van der Waals surface area contributed by atoms with Gasteiger partial charge in [0.25, 0.3) is 0 Å². The number of anilines is 2. The van der Waals surface area contributed by atoms with Gasteiger partial charge in [-0.2, -0.15) is 4.98 Å². The van der Waals surface area contributed by atoms with Gasteiger partial charge in [-0.25, -0.2) is 4.98 Å². The maximum absolute atomic E-state index is 10.5. The molecule has 0 aliphatic rings. The van der Waals surface area contributed by atoms with Crippen LogP contribution in [0, 0.1) is 6.92 Å². The van der Waals surface area contributed by atoms with Gasteiger partial charge < -0.3 is 16.4 Å². The first-order valence-corrected chi connectivity index (χ1v) is 5.17. The molecule has 0 unspecified atom stereocenters. The number of amides is 1. The van der Waals surface area contributed by atoms with Crippen LogP contribution in [0.15, 0.2) is 6.07 Å². The molecule has 0 aliphatic carbocycles. The molecule has 0 saturated heterocycles. The van der Waals surface area contributed by atoms with E-state index in [0.717, 1.165) is 11.5 Å². The fraction of sp³-hybridized carbons (Fsp3) is 0.500. The van der Waals surface area contributed by atoms with Gasteiger partial charge in [-0.05, 0) is 13.3 Å². The third-order valence-electron chi connectivity index (χ3n) is 1.98. The molecule has 1 heterocycles. The number of nitrogens with two attached hydrogens (primary N) is 1. The number of aromatic nitrogens is 2. The van der Waals surface area contributed by atoms with Gasteiger partial charge in [0.05, 0.1) is 0 Å². The van der Waals surface area contributed by atoms with E-state index in [1.54, 1.807) is 7.05 Å². The third kappa shape index (κ3) is 4.12. The first kappa shape index (κ1) is 12.2. The average molecular weight is 223 g/mol. The van der Waals surface area contributed by atoms with Crippen molar-refractivity contribution in [2.24, 2.45) is 5.73 Å². The van der Waals surface area contributed by atoms with E-state index in [2.05, 4.69) is 20.6 Å². The van der Waals surface area contributed by atoms with Gasteiger partial charge in [-0.15, -0.1) is 0 Å². The van der Waals surface area contributed by atoms with E-state index < -0.39 is 0 Å². The lowest BCUT2D eigenvalue weighted by molar-refractivity contribution is -0.118. The number of nitrogens with zero attached hydrogens (tertiary/aromatic N) is 2. The zero-order chi connectivity index (χ0) is 12.0.